The molecule has 2 aromatic carbocycles. The van der Waals surface area contributed by atoms with Crippen molar-refractivity contribution in [1.29, 1.82) is 0 Å². The molecule has 1 amide bonds. The second kappa shape index (κ2) is 8.59. The van der Waals surface area contributed by atoms with E-state index in [2.05, 4.69) is 11.9 Å². The van der Waals surface area contributed by atoms with Crippen molar-refractivity contribution in [3.05, 3.63) is 82.0 Å². The normalized spacial score (nSPS) is 19.5. The van der Waals surface area contributed by atoms with E-state index in [-0.39, 0.29) is 18.9 Å². The van der Waals surface area contributed by atoms with Gasteiger partial charge in [-0.15, -0.1) is 0 Å². The predicted molar refractivity (Wildman–Crippen MR) is 106 cm³/mol. The molecule has 4 nitrogen and oxygen atoms in total. The molecule has 3 rings (SSSR count). The van der Waals surface area contributed by atoms with E-state index in [0.29, 0.717) is 22.2 Å². The summed E-state index contributed by atoms with van der Waals surface area (Å²) in [7, 11) is 0. The summed E-state index contributed by atoms with van der Waals surface area (Å²) in [5.41, 5.74) is 2.18. The first-order valence-corrected chi connectivity index (χ1v) is 9.35. The van der Waals surface area contributed by atoms with E-state index >= 15 is 0 Å². The van der Waals surface area contributed by atoms with Gasteiger partial charge in [0.15, 0.2) is 0 Å². The molecule has 1 N–H and O–H groups in total. The van der Waals surface area contributed by atoms with Gasteiger partial charge in [-0.1, -0.05) is 66.2 Å². The number of halogens is 2. The highest BCUT2D eigenvalue weighted by molar-refractivity contribution is 6.42. The number of amides is 1. The van der Waals surface area contributed by atoms with E-state index in [1.54, 1.807) is 18.2 Å². The third kappa shape index (κ3) is 4.71. The van der Waals surface area contributed by atoms with Crippen molar-refractivity contribution < 1.29 is 14.3 Å². The summed E-state index contributed by atoms with van der Waals surface area (Å²) in [6, 6.07) is 14.9. The minimum absolute atomic E-state index is 0.148. The third-order valence-electron chi connectivity index (χ3n) is 4.59. The van der Waals surface area contributed by atoms with Crippen LogP contribution in [0.1, 0.15) is 23.5 Å². The number of piperidine rings is 1. The highest BCUT2D eigenvalue weighted by Crippen LogP contribution is 2.38. The largest absolute Gasteiger partial charge is 0.465 e. The van der Waals surface area contributed by atoms with Crippen molar-refractivity contribution in [1.82, 2.24) is 5.32 Å². The Morgan fingerprint density at radius 1 is 1.15 bits per heavy atom. The zero-order valence-corrected chi connectivity index (χ0v) is 16.1. The van der Waals surface area contributed by atoms with Crippen LogP contribution in [-0.4, -0.2) is 18.5 Å². The maximum Gasteiger partial charge on any atom is 0.315 e. The van der Waals surface area contributed by atoms with Gasteiger partial charge in [0.25, 0.3) is 0 Å². The van der Waals surface area contributed by atoms with Gasteiger partial charge in [0.1, 0.15) is 5.92 Å². The van der Waals surface area contributed by atoms with Gasteiger partial charge in [0, 0.05) is 24.5 Å². The van der Waals surface area contributed by atoms with Gasteiger partial charge in [-0.2, -0.15) is 0 Å². The van der Waals surface area contributed by atoms with E-state index in [0.717, 1.165) is 11.1 Å². The molecule has 0 bridgehead atoms. The Bertz CT molecular complexity index is 867. The van der Waals surface area contributed by atoms with Crippen LogP contribution in [0.25, 0.3) is 0 Å². The molecule has 2 unspecified atom stereocenters. The van der Waals surface area contributed by atoms with Gasteiger partial charge < -0.3 is 10.1 Å². The zero-order valence-electron chi connectivity index (χ0n) is 14.6. The number of nitrogens with one attached hydrogen (secondary N) is 1. The Hall–Kier alpha value is -2.30. The smallest absolute Gasteiger partial charge is 0.315 e. The van der Waals surface area contributed by atoms with Crippen LogP contribution in [0.2, 0.25) is 10.0 Å². The zero-order chi connectivity index (χ0) is 19.4. The first-order chi connectivity index (χ1) is 13.0. The molecule has 1 heterocycles. The quantitative estimate of drug-likeness (QED) is 0.746. The minimum atomic E-state index is -0.671. The Morgan fingerprint density at radius 2 is 1.89 bits per heavy atom. The van der Waals surface area contributed by atoms with Crippen LogP contribution in [0.5, 0.6) is 0 Å². The lowest BCUT2D eigenvalue weighted by atomic mass is 9.79. The summed E-state index contributed by atoms with van der Waals surface area (Å²) in [5.74, 6) is -1.67. The van der Waals surface area contributed by atoms with Gasteiger partial charge in [-0.05, 0) is 23.3 Å². The number of ether oxygens (including phenoxy) is 1. The summed E-state index contributed by atoms with van der Waals surface area (Å²) in [5, 5.41) is 3.45. The van der Waals surface area contributed by atoms with Crippen LogP contribution in [0.3, 0.4) is 0 Å². The van der Waals surface area contributed by atoms with Crippen LogP contribution in [-0.2, 0) is 20.7 Å². The Kier molecular flexibility index (Phi) is 6.19. The summed E-state index contributed by atoms with van der Waals surface area (Å²) in [6.45, 7) is 4.12. The van der Waals surface area contributed by atoms with Crippen molar-refractivity contribution in [2.45, 2.75) is 18.8 Å². The summed E-state index contributed by atoms with van der Waals surface area (Å²) in [6.07, 6.45) is 0.769. The molecule has 0 aliphatic carbocycles. The standard InChI is InChI=1S/C21H19Cl2NO3/c1-13-20(21(26)27-10-9-14-5-3-2-4-6-14)16(12-19(25)24-13)15-7-8-17(22)18(23)11-15/h2-8,11,16,20H,1,9-10,12H2,(H,24,25). The Balaban J connectivity index is 1.74. The van der Waals surface area contributed by atoms with E-state index in [1.165, 1.54) is 0 Å². The molecule has 27 heavy (non-hydrogen) atoms. The number of esters is 1. The average molecular weight is 404 g/mol. The van der Waals surface area contributed by atoms with Crippen LogP contribution < -0.4 is 5.32 Å². The maximum atomic E-state index is 12.7. The number of rotatable bonds is 5. The maximum absolute atomic E-state index is 12.7. The van der Waals surface area contributed by atoms with E-state index in [1.807, 2.05) is 30.3 Å². The molecule has 2 atom stereocenters. The highest BCUT2D eigenvalue weighted by atomic mass is 35.5. The van der Waals surface area contributed by atoms with E-state index < -0.39 is 17.8 Å². The summed E-state index contributed by atoms with van der Waals surface area (Å²) >= 11 is 12.1. The number of carbonyl (C=O) groups excluding carboxylic acids is 2. The molecule has 0 radical (unpaired) electrons. The Morgan fingerprint density at radius 3 is 2.59 bits per heavy atom. The van der Waals surface area contributed by atoms with E-state index in [9.17, 15) is 9.59 Å². The number of carbonyl (C=O) groups is 2. The van der Waals surface area contributed by atoms with E-state index in [4.69, 9.17) is 27.9 Å². The lowest BCUT2D eigenvalue weighted by Gasteiger charge is -2.32. The van der Waals surface area contributed by atoms with Crippen molar-refractivity contribution in [2.24, 2.45) is 5.92 Å². The fraction of sp³-hybridized carbons (Fsp3) is 0.238. The third-order valence-corrected chi connectivity index (χ3v) is 5.33. The first kappa shape index (κ1) is 19.5. The van der Waals surface area contributed by atoms with Crippen LogP contribution in [0.15, 0.2) is 60.8 Å². The summed E-state index contributed by atoms with van der Waals surface area (Å²) in [4.78, 5) is 24.7. The van der Waals surface area contributed by atoms with Crippen LogP contribution in [0.4, 0.5) is 0 Å². The average Bonchev–Trinajstić information content (AvgIpc) is 2.64. The predicted octanol–water partition coefficient (Wildman–Crippen LogP) is 4.51. The monoisotopic (exact) mass is 403 g/mol. The van der Waals surface area contributed by atoms with Gasteiger partial charge in [0.05, 0.1) is 16.7 Å². The molecule has 140 valence electrons. The second-order valence-corrected chi connectivity index (χ2v) is 7.25. The topological polar surface area (TPSA) is 55.4 Å². The lowest BCUT2D eigenvalue weighted by molar-refractivity contribution is -0.149. The van der Waals surface area contributed by atoms with Crippen LogP contribution >= 0.6 is 23.2 Å². The molecule has 2 aromatic rings. The van der Waals surface area contributed by atoms with Gasteiger partial charge in [0.2, 0.25) is 5.91 Å². The van der Waals surface area contributed by atoms with Gasteiger partial charge in [-0.25, -0.2) is 0 Å². The summed E-state index contributed by atoms with van der Waals surface area (Å²) < 4.78 is 5.49. The Labute approximate surface area is 168 Å². The molecule has 6 heteroatoms. The van der Waals surface area contributed by atoms with Gasteiger partial charge >= 0.3 is 5.97 Å². The molecule has 0 spiro atoms. The van der Waals surface area contributed by atoms with Gasteiger partial charge in [-0.3, -0.25) is 9.59 Å². The molecular weight excluding hydrogens is 385 g/mol. The first-order valence-electron chi connectivity index (χ1n) is 8.60. The number of hydrogen-bond donors (Lipinski definition) is 1. The minimum Gasteiger partial charge on any atom is -0.465 e. The second-order valence-electron chi connectivity index (χ2n) is 6.44. The lowest BCUT2D eigenvalue weighted by Crippen LogP contribution is -2.41. The molecule has 1 fully saturated rings. The fourth-order valence-electron chi connectivity index (χ4n) is 3.23. The molecule has 1 saturated heterocycles. The van der Waals surface area contributed by atoms with Crippen LogP contribution in [0, 0.1) is 5.92 Å². The highest BCUT2D eigenvalue weighted by Gasteiger charge is 2.39. The van der Waals surface area contributed by atoms with Crippen molar-refractivity contribution in [2.75, 3.05) is 6.61 Å². The molecule has 1 aliphatic rings. The fourth-order valence-corrected chi connectivity index (χ4v) is 3.54. The van der Waals surface area contributed by atoms with Crippen molar-refractivity contribution in [3.8, 4) is 0 Å². The molecular formula is C21H19Cl2NO3. The molecule has 0 aromatic heterocycles. The number of hydrogen-bond acceptors (Lipinski definition) is 3. The van der Waals surface area contributed by atoms with Crippen molar-refractivity contribution in [3.63, 3.8) is 0 Å². The molecule has 1 aliphatic heterocycles. The molecule has 0 saturated carbocycles. The SMILES string of the molecule is C=C1NC(=O)CC(c2ccc(Cl)c(Cl)c2)C1C(=O)OCCc1ccccc1. The number of benzene rings is 2. The van der Waals surface area contributed by atoms with Crippen molar-refractivity contribution >= 4 is 35.1 Å².